The Morgan fingerprint density at radius 3 is 2.80 bits per heavy atom. The van der Waals surface area contributed by atoms with Crippen LogP contribution in [-0.4, -0.2) is 4.98 Å². The van der Waals surface area contributed by atoms with Gasteiger partial charge in [-0.2, -0.15) is 9.65 Å². The molecule has 0 aliphatic carbocycles. The molecule has 2 N–H and O–H groups in total. The molecule has 1 heterocycles. The summed E-state index contributed by atoms with van der Waals surface area (Å²) in [6.07, 6.45) is 0. The third-order valence-electron chi connectivity index (χ3n) is 1.01. The van der Waals surface area contributed by atoms with Gasteiger partial charge in [0, 0.05) is 0 Å². The Morgan fingerprint density at radius 2 is 2.30 bits per heavy atom. The number of nitrogen functional groups attached to an aromatic ring is 1. The summed E-state index contributed by atoms with van der Waals surface area (Å²) in [7, 11) is 0. The van der Waals surface area contributed by atoms with Crippen LogP contribution in [0.5, 0.6) is 0 Å². The van der Waals surface area contributed by atoms with E-state index in [-0.39, 0.29) is 11.4 Å². The summed E-state index contributed by atoms with van der Waals surface area (Å²) in [4.78, 5) is 3.23. The number of anilines is 1. The predicted molar refractivity (Wildman–Crippen MR) is 33.3 cm³/mol. The molecule has 1 aromatic heterocycles. The van der Waals surface area contributed by atoms with Crippen LogP contribution in [0.3, 0.4) is 0 Å². The average molecular weight is 137 g/mol. The minimum atomic E-state index is -0.670. The molecule has 0 aliphatic heterocycles. The van der Waals surface area contributed by atoms with Crippen molar-refractivity contribution in [1.82, 2.24) is 4.98 Å². The molecule has 0 radical (unpaired) electrons. The number of hydrogen-bond donors (Lipinski definition) is 1. The topological polar surface area (TPSA) is 62.7 Å². The molecule has 0 saturated heterocycles. The Bertz CT molecular complexity index is 290. The van der Waals surface area contributed by atoms with Gasteiger partial charge in [0.05, 0.1) is 5.56 Å². The van der Waals surface area contributed by atoms with E-state index < -0.39 is 5.95 Å². The van der Waals surface area contributed by atoms with Gasteiger partial charge in [0.15, 0.2) is 0 Å². The van der Waals surface area contributed by atoms with Crippen LogP contribution >= 0.6 is 0 Å². The van der Waals surface area contributed by atoms with E-state index in [1.165, 1.54) is 6.07 Å². The smallest absolute Gasteiger partial charge is 0.214 e. The molecule has 1 rings (SSSR count). The summed E-state index contributed by atoms with van der Waals surface area (Å²) < 4.78 is 12.2. The van der Waals surface area contributed by atoms with E-state index >= 15 is 0 Å². The number of pyridine rings is 1. The van der Waals surface area contributed by atoms with Gasteiger partial charge >= 0.3 is 0 Å². The van der Waals surface area contributed by atoms with Crippen molar-refractivity contribution in [2.75, 3.05) is 5.73 Å². The molecule has 0 aromatic carbocycles. The fourth-order valence-electron chi connectivity index (χ4n) is 0.545. The van der Waals surface area contributed by atoms with Crippen molar-refractivity contribution in [3.8, 4) is 6.07 Å². The third-order valence-corrected chi connectivity index (χ3v) is 1.01. The lowest BCUT2D eigenvalue weighted by molar-refractivity contribution is 0.585. The lowest BCUT2D eigenvalue weighted by Crippen LogP contribution is -1.95. The van der Waals surface area contributed by atoms with E-state index in [2.05, 4.69) is 4.98 Å². The lowest BCUT2D eigenvalue weighted by atomic mass is 10.3. The SMILES string of the molecule is N#Cc1ccc(F)nc1N. The Hall–Kier alpha value is -1.63. The van der Waals surface area contributed by atoms with Crippen LogP contribution in [0.25, 0.3) is 0 Å². The maximum absolute atomic E-state index is 12.2. The fraction of sp³-hybridized carbons (Fsp3) is 0. The van der Waals surface area contributed by atoms with E-state index in [4.69, 9.17) is 11.0 Å². The van der Waals surface area contributed by atoms with Crippen molar-refractivity contribution < 1.29 is 4.39 Å². The van der Waals surface area contributed by atoms with Crippen LogP contribution in [-0.2, 0) is 0 Å². The molecule has 0 amide bonds. The quantitative estimate of drug-likeness (QED) is 0.534. The molecule has 0 fully saturated rings. The first-order chi connectivity index (χ1) is 4.74. The maximum Gasteiger partial charge on any atom is 0.214 e. The van der Waals surface area contributed by atoms with E-state index in [1.807, 2.05) is 0 Å². The minimum absolute atomic E-state index is 0.0671. The highest BCUT2D eigenvalue weighted by Gasteiger charge is 1.98. The van der Waals surface area contributed by atoms with Gasteiger partial charge < -0.3 is 5.73 Å². The standard InChI is InChI=1S/C6H4FN3/c7-5-2-1-4(3-8)6(9)10-5/h1-2H,(H2,9,10). The van der Waals surface area contributed by atoms with Crippen LogP contribution in [0.1, 0.15) is 5.56 Å². The van der Waals surface area contributed by atoms with Crippen molar-refractivity contribution in [3.63, 3.8) is 0 Å². The molecule has 0 unspecified atom stereocenters. The van der Waals surface area contributed by atoms with E-state index in [0.717, 1.165) is 6.07 Å². The van der Waals surface area contributed by atoms with Gasteiger partial charge in [0.25, 0.3) is 0 Å². The summed E-state index contributed by atoms with van der Waals surface area (Å²) in [6.45, 7) is 0. The second-order valence-electron chi connectivity index (χ2n) is 1.68. The number of nitrogens with zero attached hydrogens (tertiary/aromatic N) is 2. The summed E-state index contributed by atoms with van der Waals surface area (Å²) in [5.74, 6) is -0.737. The first-order valence-corrected chi connectivity index (χ1v) is 2.56. The van der Waals surface area contributed by atoms with Crippen LogP contribution in [0.4, 0.5) is 10.2 Å². The zero-order valence-corrected chi connectivity index (χ0v) is 5.00. The number of halogens is 1. The molecule has 1 aromatic rings. The van der Waals surface area contributed by atoms with Gasteiger partial charge in [-0.05, 0) is 12.1 Å². The zero-order chi connectivity index (χ0) is 7.56. The fourth-order valence-corrected chi connectivity index (χ4v) is 0.545. The average Bonchev–Trinajstić information content (AvgIpc) is 1.88. The number of hydrogen-bond acceptors (Lipinski definition) is 3. The largest absolute Gasteiger partial charge is 0.383 e. The number of nitrogens with two attached hydrogens (primary N) is 1. The Balaban J connectivity index is 3.23. The van der Waals surface area contributed by atoms with Gasteiger partial charge in [-0.25, -0.2) is 4.98 Å². The highest BCUT2D eigenvalue weighted by Crippen LogP contribution is 2.06. The molecular formula is C6H4FN3. The monoisotopic (exact) mass is 137 g/mol. The van der Waals surface area contributed by atoms with E-state index in [0.29, 0.717) is 0 Å². The summed E-state index contributed by atoms with van der Waals surface area (Å²) >= 11 is 0. The molecule has 0 bridgehead atoms. The van der Waals surface area contributed by atoms with Gasteiger partial charge in [-0.15, -0.1) is 0 Å². The van der Waals surface area contributed by atoms with Crippen molar-refractivity contribution >= 4 is 5.82 Å². The molecule has 0 saturated carbocycles. The highest BCUT2D eigenvalue weighted by atomic mass is 19.1. The number of nitriles is 1. The molecule has 4 heteroatoms. The zero-order valence-electron chi connectivity index (χ0n) is 5.00. The molecule has 3 nitrogen and oxygen atoms in total. The van der Waals surface area contributed by atoms with Crippen molar-refractivity contribution in [1.29, 1.82) is 5.26 Å². The predicted octanol–water partition coefficient (Wildman–Crippen LogP) is 0.675. The van der Waals surface area contributed by atoms with Crippen LogP contribution < -0.4 is 5.73 Å². The maximum atomic E-state index is 12.2. The third kappa shape index (κ3) is 1.03. The minimum Gasteiger partial charge on any atom is -0.383 e. The first kappa shape index (κ1) is 6.49. The van der Waals surface area contributed by atoms with Gasteiger partial charge in [0.2, 0.25) is 5.95 Å². The Labute approximate surface area is 56.9 Å². The van der Waals surface area contributed by atoms with Crippen LogP contribution in [0.2, 0.25) is 0 Å². The second kappa shape index (κ2) is 2.31. The Kier molecular flexibility index (Phi) is 1.50. The number of aromatic nitrogens is 1. The van der Waals surface area contributed by atoms with Gasteiger partial charge in [0.1, 0.15) is 11.9 Å². The van der Waals surface area contributed by atoms with Gasteiger partial charge in [-0.1, -0.05) is 0 Å². The summed E-state index contributed by atoms with van der Waals surface area (Å²) in [5, 5.41) is 8.32. The molecule has 0 aliphatic rings. The van der Waals surface area contributed by atoms with Crippen molar-refractivity contribution in [2.24, 2.45) is 0 Å². The number of rotatable bonds is 0. The Morgan fingerprint density at radius 1 is 1.60 bits per heavy atom. The van der Waals surface area contributed by atoms with E-state index in [9.17, 15) is 4.39 Å². The van der Waals surface area contributed by atoms with Crippen molar-refractivity contribution in [2.45, 2.75) is 0 Å². The first-order valence-electron chi connectivity index (χ1n) is 2.56. The molecule has 50 valence electrons. The summed E-state index contributed by atoms with van der Waals surface area (Å²) in [5.41, 5.74) is 5.35. The molecule has 10 heavy (non-hydrogen) atoms. The van der Waals surface area contributed by atoms with Gasteiger partial charge in [-0.3, -0.25) is 0 Å². The normalized spacial score (nSPS) is 8.80. The lowest BCUT2D eigenvalue weighted by Gasteiger charge is -1.92. The second-order valence-corrected chi connectivity index (χ2v) is 1.68. The molecular weight excluding hydrogens is 133 g/mol. The molecule has 0 spiro atoms. The van der Waals surface area contributed by atoms with Crippen LogP contribution in [0, 0.1) is 17.3 Å². The molecule has 0 atom stereocenters. The van der Waals surface area contributed by atoms with E-state index in [1.54, 1.807) is 6.07 Å². The summed E-state index contributed by atoms with van der Waals surface area (Å²) in [6, 6.07) is 4.15. The van der Waals surface area contributed by atoms with Crippen LogP contribution in [0.15, 0.2) is 12.1 Å². The van der Waals surface area contributed by atoms with Crippen molar-refractivity contribution in [3.05, 3.63) is 23.6 Å². The highest BCUT2D eigenvalue weighted by molar-refractivity contribution is 5.47.